The van der Waals surface area contributed by atoms with Crippen LogP contribution in [0.15, 0.2) is 36.4 Å². The zero-order valence-electron chi connectivity index (χ0n) is 14.9. The Labute approximate surface area is 154 Å². The molecule has 6 heteroatoms. The maximum absolute atomic E-state index is 13.3. The Morgan fingerprint density at radius 2 is 1.92 bits per heavy atom. The minimum absolute atomic E-state index is 0.148. The van der Waals surface area contributed by atoms with E-state index in [0.29, 0.717) is 18.2 Å². The molecule has 1 N–H and O–H groups in total. The van der Waals surface area contributed by atoms with E-state index in [-0.39, 0.29) is 5.91 Å². The molecule has 0 radical (unpaired) electrons. The van der Waals surface area contributed by atoms with Crippen LogP contribution in [-0.4, -0.2) is 47.8 Å². The summed E-state index contributed by atoms with van der Waals surface area (Å²) in [5, 5.41) is 7.51. The molecule has 1 saturated heterocycles. The summed E-state index contributed by atoms with van der Waals surface area (Å²) in [6.07, 6.45) is 2.70. The van der Waals surface area contributed by atoms with Gasteiger partial charge >= 0.3 is 0 Å². The number of benzene rings is 1. The van der Waals surface area contributed by atoms with Gasteiger partial charge in [-0.1, -0.05) is 24.3 Å². The third kappa shape index (κ3) is 3.49. The first-order chi connectivity index (χ1) is 12.0. The number of carbonyl (C=O) groups is 1. The SMILES string of the molecule is C=C(C)CNC(=S)N1CCCN1C(=O)C1(c2ccc(OC)cc2)CC1. The molecule has 1 aliphatic heterocycles. The minimum Gasteiger partial charge on any atom is -0.497 e. The molecule has 1 heterocycles. The first-order valence-corrected chi connectivity index (χ1v) is 9.05. The highest BCUT2D eigenvalue weighted by Gasteiger charge is 2.54. The topological polar surface area (TPSA) is 44.8 Å². The lowest BCUT2D eigenvalue weighted by atomic mass is 9.94. The lowest BCUT2D eigenvalue weighted by Crippen LogP contribution is -2.52. The molecule has 134 valence electrons. The number of rotatable bonds is 5. The Morgan fingerprint density at radius 1 is 1.28 bits per heavy atom. The Bertz CT molecular complexity index is 682. The summed E-state index contributed by atoms with van der Waals surface area (Å²) < 4.78 is 5.22. The number of nitrogens with zero attached hydrogens (tertiary/aromatic N) is 2. The van der Waals surface area contributed by atoms with Gasteiger partial charge in [0.05, 0.1) is 12.5 Å². The molecule has 1 aliphatic carbocycles. The summed E-state index contributed by atoms with van der Waals surface area (Å²) in [5.74, 6) is 0.953. The van der Waals surface area contributed by atoms with Crippen molar-refractivity contribution in [3.63, 3.8) is 0 Å². The van der Waals surface area contributed by atoms with Gasteiger partial charge in [-0.05, 0) is 56.1 Å². The molecule has 0 unspecified atom stereocenters. The molecule has 0 bridgehead atoms. The van der Waals surface area contributed by atoms with Crippen LogP contribution in [0.1, 0.15) is 31.7 Å². The molecule has 2 aliphatic rings. The fraction of sp³-hybridized carbons (Fsp3) is 0.474. The van der Waals surface area contributed by atoms with Crippen molar-refractivity contribution in [3.05, 3.63) is 42.0 Å². The van der Waals surface area contributed by atoms with Crippen molar-refractivity contribution < 1.29 is 9.53 Å². The third-order valence-electron chi connectivity index (χ3n) is 4.84. The van der Waals surface area contributed by atoms with Crippen LogP contribution < -0.4 is 10.1 Å². The lowest BCUT2D eigenvalue weighted by Gasteiger charge is -2.33. The number of methoxy groups -OCH3 is 1. The van der Waals surface area contributed by atoms with E-state index in [2.05, 4.69) is 11.9 Å². The number of hydrogen-bond donors (Lipinski definition) is 1. The average molecular weight is 359 g/mol. The highest BCUT2D eigenvalue weighted by atomic mass is 32.1. The second-order valence-electron chi connectivity index (χ2n) is 6.83. The number of carbonyl (C=O) groups excluding carboxylic acids is 1. The van der Waals surface area contributed by atoms with Crippen molar-refractivity contribution in [1.82, 2.24) is 15.3 Å². The number of hydrogen-bond acceptors (Lipinski definition) is 3. The van der Waals surface area contributed by atoms with Crippen LogP contribution >= 0.6 is 12.2 Å². The minimum atomic E-state index is -0.404. The third-order valence-corrected chi connectivity index (χ3v) is 5.20. The van der Waals surface area contributed by atoms with Gasteiger partial charge in [0.25, 0.3) is 5.91 Å². The molecule has 2 fully saturated rings. The lowest BCUT2D eigenvalue weighted by molar-refractivity contribution is -0.141. The summed E-state index contributed by atoms with van der Waals surface area (Å²) in [5.41, 5.74) is 1.67. The van der Waals surface area contributed by atoms with Crippen LogP contribution in [-0.2, 0) is 10.2 Å². The summed E-state index contributed by atoms with van der Waals surface area (Å²) in [4.78, 5) is 13.3. The Morgan fingerprint density at radius 3 is 2.48 bits per heavy atom. The van der Waals surface area contributed by atoms with Gasteiger partial charge in [-0.15, -0.1) is 0 Å². The van der Waals surface area contributed by atoms with Gasteiger partial charge in [-0.25, -0.2) is 0 Å². The molecular weight excluding hydrogens is 334 g/mol. The van der Waals surface area contributed by atoms with Crippen molar-refractivity contribution in [3.8, 4) is 5.75 Å². The van der Waals surface area contributed by atoms with Crippen LogP contribution in [0.5, 0.6) is 5.75 Å². The van der Waals surface area contributed by atoms with E-state index in [1.54, 1.807) is 7.11 Å². The van der Waals surface area contributed by atoms with Gasteiger partial charge in [0, 0.05) is 19.6 Å². The quantitative estimate of drug-likeness (QED) is 0.647. The zero-order valence-corrected chi connectivity index (χ0v) is 15.7. The molecule has 1 amide bonds. The van der Waals surface area contributed by atoms with Crippen LogP contribution in [0, 0.1) is 0 Å². The van der Waals surface area contributed by atoms with Crippen molar-refractivity contribution in [2.75, 3.05) is 26.7 Å². The second-order valence-corrected chi connectivity index (χ2v) is 7.22. The van der Waals surface area contributed by atoms with Gasteiger partial charge in [0.2, 0.25) is 0 Å². The van der Waals surface area contributed by atoms with Gasteiger partial charge < -0.3 is 10.1 Å². The van der Waals surface area contributed by atoms with Crippen LogP contribution in [0.25, 0.3) is 0 Å². The van der Waals surface area contributed by atoms with Crippen molar-refractivity contribution >= 4 is 23.2 Å². The fourth-order valence-corrected chi connectivity index (χ4v) is 3.52. The summed E-state index contributed by atoms with van der Waals surface area (Å²) in [6, 6.07) is 7.84. The molecule has 3 rings (SSSR count). The van der Waals surface area contributed by atoms with E-state index < -0.39 is 5.41 Å². The largest absolute Gasteiger partial charge is 0.497 e. The van der Waals surface area contributed by atoms with E-state index in [0.717, 1.165) is 42.7 Å². The highest BCUT2D eigenvalue weighted by molar-refractivity contribution is 7.80. The molecule has 25 heavy (non-hydrogen) atoms. The van der Waals surface area contributed by atoms with E-state index in [9.17, 15) is 4.79 Å². The van der Waals surface area contributed by atoms with Crippen LogP contribution in [0.2, 0.25) is 0 Å². The van der Waals surface area contributed by atoms with Crippen LogP contribution in [0.3, 0.4) is 0 Å². The Balaban J connectivity index is 1.74. The van der Waals surface area contributed by atoms with E-state index in [1.807, 2.05) is 41.2 Å². The predicted octanol–water partition coefficient (Wildman–Crippen LogP) is 2.63. The summed E-state index contributed by atoms with van der Waals surface area (Å²) in [7, 11) is 1.65. The molecule has 0 aromatic heterocycles. The summed E-state index contributed by atoms with van der Waals surface area (Å²) >= 11 is 5.48. The first kappa shape index (κ1) is 17.7. The molecule has 0 atom stereocenters. The molecule has 1 aromatic rings. The number of thiocarbonyl (C=S) groups is 1. The molecule has 1 aromatic carbocycles. The second kappa shape index (κ2) is 7.04. The predicted molar refractivity (Wildman–Crippen MR) is 102 cm³/mol. The van der Waals surface area contributed by atoms with E-state index in [1.165, 1.54) is 0 Å². The molecule has 5 nitrogen and oxygen atoms in total. The maximum atomic E-state index is 13.3. The van der Waals surface area contributed by atoms with E-state index >= 15 is 0 Å². The average Bonchev–Trinajstić information content (AvgIpc) is 3.28. The Hall–Kier alpha value is -2.08. The number of hydrazine groups is 1. The van der Waals surface area contributed by atoms with Gasteiger partial charge in [0.1, 0.15) is 5.75 Å². The van der Waals surface area contributed by atoms with Gasteiger partial charge in [-0.3, -0.25) is 14.8 Å². The first-order valence-electron chi connectivity index (χ1n) is 8.64. The maximum Gasteiger partial charge on any atom is 0.251 e. The molecule has 0 spiro atoms. The number of nitrogens with one attached hydrogen (secondary N) is 1. The highest BCUT2D eigenvalue weighted by Crippen LogP contribution is 2.50. The zero-order chi connectivity index (χ0) is 18.0. The fourth-order valence-electron chi connectivity index (χ4n) is 3.26. The van der Waals surface area contributed by atoms with Gasteiger partial charge in [-0.2, -0.15) is 0 Å². The van der Waals surface area contributed by atoms with Crippen LogP contribution in [0.4, 0.5) is 0 Å². The smallest absolute Gasteiger partial charge is 0.251 e. The summed E-state index contributed by atoms with van der Waals surface area (Å²) in [6.45, 7) is 7.94. The Kier molecular flexibility index (Phi) is 4.99. The van der Waals surface area contributed by atoms with Crippen molar-refractivity contribution in [1.29, 1.82) is 0 Å². The molecular formula is C19H25N3O2S. The van der Waals surface area contributed by atoms with E-state index in [4.69, 9.17) is 17.0 Å². The monoisotopic (exact) mass is 359 g/mol. The number of amides is 1. The standard InChI is InChI=1S/C19H25N3O2S/c1-14(2)13-20-18(25)22-12-4-11-21(22)17(23)19(9-10-19)15-5-7-16(24-3)8-6-15/h5-8H,1,4,9-13H2,2-3H3,(H,20,25). The van der Waals surface area contributed by atoms with Gasteiger partial charge in [0.15, 0.2) is 5.11 Å². The van der Waals surface area contributed by atoms with Crippen molar-refractivity contribution in [2.45, 2.75) is 31.6 Å². The normalized spacial score (nSPS) is 18.0. The molecule has 1 saturated carbocycles. The van der Waals surface area contributed by atoms with Crippen molar-refractivity contribution in [2.24, 2.45) is 0 Å². The number of ether oxygens (including phenoxy) is 1.